The summed E-state index contributed by atoms with van der Waals surface area (Å²) in [5.41, 5.74) is 0. The number of hydrogen-bond acceptors (Lipinski definition) is 3. The molecule has 20 heavy (non-hydrogen) atoms. The zero-order valence-corrected chi connectivity index (χ0v) is 13.3. The van der Waals surface area contributed by atoms with Gasteiger partial charge in [-0.25, -0.2) is 0 Å². The molecule has 0 bridgehead atoms. The first kappa shape index (κ1) is 18.8. The van der Waals surface area contributed by atoms with E-state index in [-0.39, 0.29) is 6.04 Å². The average Bonchev–Trinajstić information content (AvgIpc) is 2.46. The highest BCUT2D eigenvalue weighted by Gasteiger charge is 2.11. The second-order valence-electron chi connectivity index (χ2n) is 4.35. The Morgan fingerprint density at radius 3 is 2.35 bits per heavy atom. The molecule has 1 atom stereocenters. The Balaban J connectivity index is 4.74. The molecule has 3 nitrogen and oxygen atoms in total. The summed E-state index contributed by atoms with van der Waals surface area (Å²) in [5.74, 6) is 0. The van der Waals surface area contributed by atoms with Gasteiger partial charge in [-0.3, -0.25) is 4.90 Å². The van der Waals surface area contributed by atoms with Crippen LogP contribution in [-0.4, -0.2) is 45.0 Å². The van der Waals surface area contributed by atoms with Crippen LogP contribution in [0, 0.1) is 0 Å². The minimum atomic E-state index is 0.223. The Labute approximate surface area is 124 Å². The predicted octanol–water partition coefficient (Wildman–Crippen LogP) is 3.56. The molecule has 114 valence electrons. The van der Waals surface area contributed by atoms with Crippen LogP contribution in [-0.2, 0) is 9.47 Å². The van der Waals surface area contributed by atoms with Crippen molar-refractivity contribution in [2.75, 3.05) is 34.1 Å². The van der Waals surface area contributed by atoms with Crippen molar-refractivity contribution < 1.29 is 9.47 Å². The summed E-state index contributed by atoms with van der Waals surface area (Å²) < 4.78 is 10.4. The van der Waals surface area contributed by atoms with Gasteiger partial charge in [-0.2, -0.15) is 0 Å². The van der Waals surface area contributed by atoms with Crippen LogP contribution in [0.1, 0.15) is 20.3 Å². The monoisotopic (exact) mass is 279 g/mol. The maximum atomic E-state index is 5.28. The van der Waals surface area contributed by atoms with Gasteiger partial charge in [0.1, 0.15) is 0 Å². The Hall–Kier alpha value is -1.16. The van der Waals surface area contributed by atoms with E-state index in [1.807, 2.05) is 31.2 Å². The fourth-order valence-electron chi connectivity index (χ4n) is 1.67. The van der Waals surface area contributed by atoms with Gasteiger partial charge in [-0.1, -0.05) is 55.5 Å². The molecule has 0 heterocycles. The summed E-state index contributed by atoms with van der Waals surface area (Å²) in [6.45, 7) is 6.27. The molecule has 0 fully saturated rings. The van der Waals surface area contributed by atoms with E-state index in [0.29, 0.717) is 13.3 Å². The first-order chi connectivity index (χ1) is 9.79. The van der Waals surface area contributed by atoms with Gasteiger partial charge in [0, 0.05) is 26.8 Å². The fourth-order valence-corrected chi connectivity index (χ4v) is 1.67. The molecule has 0 spiro atoms. The Bertz CT molecular complexity index is 319. The van der Waals surface area contributed by atoms with E-state index in [1.165, 1.54) is 0 Å². The zero-order valence-electron chi connectivity index (χ0n) is 13.3. The van der Waals surface area contributed by atoms with Crippen molar-refractivity contribution in [1.29, 1.82) is 0 Å². The van der Waals surface area contributed by atoms with E-state index < -0.39 is 0 Å². The fraction of sp³-hybridized carbons (Fsp3) is 0.529. The highest BCUT2D eigenvalue weighted by molar-refractivity contribution is 5.15. The molecule has 0 saturated carbocycles. The summed E-state index contributed by atoms with van der Waals surface area (Å²) in [4.78, 5) is 2.23. The van der Waals surface area contributed by atoms with Crippen molar-refractivity contribution in [2.45, 2.75) is 26.3 Å². The van der Waals surface area contributed by atoms with E-state index in [0.717, 1.165) is 13.0 Å². The maximum absolute atomic E-state index is 5.28. The first-order valence-corrected chi connectivity index (χ1v) is 7.14. The number of methoxy groups -OCH3 is 2. The van der Waals surface area contributed by atoms with Crippen LogP contribution < -0.4 is 0 Å². The summed E-state index contributed by atoms with van der Waals surface area (Å²) in [7, 11) is 3.44. The molecule has 0 aliphatic heterocycles. The van der Waals surface area contributed by atoms with Crippen molar-refractivity contribution in [2.24, 2.45) is 0 Å². The lowest BCUT2D eigenvalue weighted by Gasteiger charge is -2.26. The van der Waals surface area contributed by atoms with E-state index >= 15 is 0 Å². The van der Waals surface area contributed by atoms with Crippen LogP contribution in [0.2, 0.25) is 0 Å². The van der Waals surface area contributed by atoms with Crippen molar-refractivity contribution in [1.82, 2.24) is 4.90 Å². The van der Waals surface area contributed by atoms with Gasteiger partial charge in [0.05, 0.1) is 13.3 Å². The number of ether oxygens (including phenoxy) is 2. The third-order valence-electron chi connectivity index (χ3n) is 2.70. The summed E-state index contributed by atoms with van der Waals surface area (Å²) in [6, 6.07) is 0.223. The lowest BCUT2D eigenvalue weighted by atomic mass is 10.2. The summed E-state index contributed by atoms with van der Waals surface area (Å²) in [6.07, 6.45) is 17.7. The van der Waals surface area contributed by atoms with E-state index in [1.54, 1.807) is 14.2 Å². The molecule has 0 amide bonds. The molecule has 0 N–H and O–H groups in total. The normalized spacial score (nSPS) is 14.7. The Morgan fingerprint density at radius 1 is 1.00 bits per heavy atom. The molecule has 3 heteroatoms. The molecule has 0 aromatic rings. The minimum Gasteiger partial charge on any atom is -0.383 e. The van der Waals surface area contributed by atoms with E-state index in [4.69, 9.17) is 9.47 Å². The minimum absolute atomic E-state index is 0.223. The third kappa shape index (κ3) is 9.73. The molecule has 0 saturated heterocycles. The highest BCUT2D eigenvalue weighted by Crippen LogP contribution is 2.05. The Morgan fingerprint density at radius 2 is 1.75 bits per heavy atom. The van der Waals surface area contributed by atoms with E-state index in [9.17, 15) is 0 Å². The van der Waals surface area contributed by atoms with Crippen LogP contribution in [0.5, 0.6) is 0 Å². The molecular weight excluding hydrogens is 250 g/mol. The van der Waals surface area contributed by atoms with Crippen LogP contribution >= 0.6 is 0 Å². The Kier molecular flexibility index (Phi) is 13.4. The third-order valence-corrected chi connectivity index (χ3v) is 2.70. The summed E-state index contributed by atoms with van der Waals surface area (Å²) in [5, 5.41) is 0. The number of rotatable bonds is 11. The smallest absolute Gasteiger partial charge is 0.0994 e. The van der Waals surface area contributed by atoms with Gasteiger partial charge < -0.3 is 9.47 Å². The van der Waals surface area contributed by atoms with Gasteiger partial charge >= 0.3 is 0 Å². The van der Waals surface area contributed by atoms with Crippen LogP contribution in [0.25, 0.3) is 0 Å². The van der Waals surface area contributed by atoms with Gasteiger partial charge in [0.25, 0.3) is 0 Å². The van der Waals surface area contributed by atoms with Gasteiger partial charge in [-0.05, 0) is 13.3 Å². The van der Waals surface area contributed by atoms with Crippen molar-refractivity contribution in [3.63, 3.8) is 0 Å². The molecule has 0 rings (SSSR count). The molecular formula is C17H29NO2. The SMILES string of the molecule is C\C=C/C=C\C=C\[C@H](/C=C\CC)N(CCOC)COC. The molecule has 0 aromatic carbocycles. The zero-order chi connectivity index (χ0) is 15.1. The topological polar surface area (TPSA) is 21.7 Å². The molecule has 0 unspecified atom stereocenters. The molecule has 0 aliphatic rings. The molecule has 0 aromatic heterocycles. The van der Waals surface area contributed by atoms with Crippen LogP contribution in [0.3, 0.4) is 0 Å². The van der Waals surface area contributed by atoms with Crippen LogP contribution in [0.15, 0.2) is 48.6 Å². The predicted molar refractivity (Wildman–Crippen MR) is 86.8 cm³/mol. The molecule has 0 aliphatic carbocycles. The number of hydrogen-bond donors (Lipinski definition) is 0. The lowest BCUT2D eigenvalue weighted by molar-refractivity contribution is 0.0373. The second-order valence-corrected chi connectivity index (χ2v) is 4.35. The number of allylic oxidation sites excluding steroid dienone is 6. The maximum Gasteiger partial charge on any atom is 0.0994 e. The standard InChI is InChI=1S/C17H29NO2/c1-5-7-9-10-11-13-17(12-8-6-2)18(16-20-4)14-15-19-3/h5,7-13,17H,6,14-16H2,1-4H3/b7-5-,10-9-,12-8-,13-11+/t17-/m0/s1. The lowest BCUT2D eigenvalue weighted by Crippen LogP contribution is -2.36. The molecule has 0 radical (unpaired) electrons. The van der Waals surface area contributed by atoms with Crippen molar-refractivity contribution >= 4 is 0 Å². The number of nitrogens with zero attached hydrogens (tertiary/aromatic N) is 1. The quantitative estimate of drug-likeness (QED) is 0.328. The van der Waals surface area contributed by atoms with Gasteiger partial charge in [0.2, 0.25) is 0 Å². The van der Waals surface area contributed by atoms with Gasteiger partial charge in [0.15, 0.2) is 0 Å². The van der Waals surface area contributed by atoms with Gasteiger partial charge in [-0.15, -0.1) is 0 Å². The summed E-state index contributed by atoms with van der Waals surface area (Å²) >= 11 is 0. The largest absolute Gasteiger partial charge is 0.383 e. The average molecular weight is 279 g/mol. The van der Waals surface area contributed by atoms with Crippen molar-refractivity contribution in [3.05, 3.63) is 48.6 Å². The second kappa shape index (κ2) is 14.3. The van der Waals surface area contributed by atoms with Crippen LogP contribution in [0.4, 0.5) is 0 Å². The van der Waals surface area contributed by atoms with E-state index in [2.05, 4.69) is 36.1 Å². The van der Waals surface area contributed by atoms with Crippen molar-refractivity contribution in [3.8, 4) is 0 Å². The highest BCUT2D eigenvalue weighted by atomic mass is 16.5. The first-order valence-electron chi connectivity index (χ1n) is 7.14.